The van der Waals surface area contributed by atoms with Crippen LogP contribution in [0.15, 0.2) is 30.3 Å². The highest BCUT2D eigenvalue weighted by Crippen LogP contribution is 2.38. The molecule has 0 atom stereocenters. The van der Waals surface area contributed by atoms with Crippen LogP contribution >= 0.6 is 12.2 Å². The number of aromatic nitrogens is 3. The average Bonchev–Trinajstić information content (AvgIpc) is 3.47. The van der Waals surface area contributed by atoms with Gasteiger partial charge in [0.2, 0.25) is 0 Å². The number of hydrogen-bond acceptors (Lipinski definition) is 4. The van der Waals surface area contributed by atoms with Crippen LogP contribution in [0.4, 0.5) is 0 Å². The summed E-state index contributed by atoms with van der Waals surface area (Å²) in [6, 6.07) is 9.65. The number of nitrogens with one attached hydrogen (secondary N) is 1. The van der Waals surface area contributed by atoms with Crippen molar-refractivity contribution in [1.29, 1.82) is 0 Å². The lowest BCUT2D eigenvalue weighted by Gasteiger charge is -2.32. The molecule has 1 saturated heterocycles. The molecule has 0 bridgehead atoms. The molecule has 1 aliphatic heterocycles. The van der Waals surface area contributed by atoms with Crippen LogP contribution in [-0.2, 0) is 13.7 Å². The maximum Gasteiger partial charge on any atom is 0.251 e. The molecule has 1 aliphatic carbocycles. The van der Waals surface area contributed by atoms with E-state index in [0.29, 0.717) is 5.92 Å². The second kappa shape index (κ2) is 7.32. The van der Waals surface area contributed by atoms with Gasteiger partial charge >= 0.3 is 0 Å². The van der Waals surface area contributed by atoms with Gasteiger partial charge < -0.3 is 9.88 Å². The minimum Gasteiger partial charge on any atom is -0.349 e. The van der Waals surface area contributed by atoms with Gasteiger partial charge in [-0.2, -0.15) is 5.10 Å². The van der Waals surface area contributed by atoms with E-state index in [1.165, 1.54) is 12.8 Å². The third-order valence-electron chi connectivity index (χ3n) is 5.31. The normalized spacial score (nSPS) is 18.8. The molecule has 26 heavy (non-hydrogen) atoms. The molecule has 1 N–H and O–H groups in total. The van der Waals surface area contributed by atoms with Gasteiger partial charge in [0.1, 0.15) is 5.82 Å². The van der Waals surface area contributed by atoms with E-state index >= 15 is 0 Å². The predicted octanol–water partition coefficient (Wildman–Crippen LogP) is 2.68. The van der Waals surface area contributed by atoms with Gasteiger partial charge in [-0.15, -0.1) is 0 Å². The zero-order chi connectivity index (χ0) is 18.1. The lowest BCUT2D eigenvalue weighted by Crippen LogP contribution is -2.45. The third-order valence-corrected chi connectivity index (χ3v) is 5.79. The number of hydrogen-bond donors (Lipinski definition) is 1. The maximum atomic E-state index is 12.3. The molecule has 1 aromatic heterocycles. The van der Waals surface area contributed by atoms with Crippen LogP contribution in [-0.4, -0.2) is 44.3 Å². The number of rotatable bonds is 5. The molecule has 1 aromatic carbocycles. The van der Waals surface area contributed by atoms with Crippen molar-refractivity contribution in [2.24, 2.45) is 7.05 Å². The number of likely N-dealkylation sites (tertiary alicyclic amines) is 1. The number of carbonyl (C=O) groups excluding carboxylic acids is 1. The summed E-state index contributed by atoms with van der Waals surface area (Å²) in [6.07, 6.45) is 4.36. The fraction of sp³-hybridized carbons (Fsp3) is 0.526. The summed E-state index contributed by atoms with van der Waals surface area (Å²) in [7, 11) is 2.02. The Labute approximate surface area is 158 Å². The minimum absolute atomic E-state index is 0.0186. The minimum atomic E-state index is 0.0186. The molecule has 2 aromatic rings. The fourth-order valence-electron chi connectivity index (χ4n) is 3.56. The molecule has 1 amide bonds. The van der Waals surface area contributed by atoms with Crippen molar-refractivity contribution in [3.63, 3.8) is 0 Å². The first kappa shape index (κ1) is 17.4. The van der Waals surface area contributed by atoms with Gasteiger partial charge in [0.25, 0.3) is 5.91 Å². The summed E-state index contributed by atoms with van der Waals surface area (Å²) in [6.45, 7) is 2.62. The topological polar surface area (TPSA) is 55.1 Å². The lowest BCUT2D eigenvalue weighted by molar-refractivity contribution is 0.0895. The summed E-state index contributed by atoms with van der Waals surface area (Å²) >= 11 is 5.54. The average molecular weight is 372 g/mol. The molecular formula is C19H25N5OS. The van der Waals surface area contributed by atoms with Crippen molar-refractivity contribution in [3.8, 4) is 0 Å². The largest absolute Gasteiger partial charge is 0.349 e. The van der Waals surface area contributed by atoms with Crippen molar-refractivity contribution in [3.05, 3.63) is 46.5 Å². The molecule has 7 heteroatoms. The van der Waals surface area contributed by atoms with Crippen LogP contribution in [0.5, 0.6) is 0 Å². The van der Waals surface area contributed by atoms with Crippen LogP contribution in [0.1, 0.15) is 47.8 Å². The van der Waals surface area contributed by atoms with Gasteiger partial charge in [-0.05, 0) is 50.0 Å². The zero-order valence-electron chi connectivity index (χ0n) is 15.1. The quantitative estimate of drug-likeness (QED) is 0.821. The number of piperidine rings is 1. The Morgan fingerprint density at radius 2 is 1.88 bits per heavy atom. The Morgan fingerprint density at radius 1 is 1.19 bits per heavy atom. The number of amides is 1. The molecule has 2 fully saturated rings. The van der Waals surface area contributed by atoms with E-state index in [0.717, 1.165) is 48.8 Å². The van der Waals surface area contributed by atoms with Crippen LogP contribution in [0, 0.1) is 4.77 Å². The van der Waals surface area contributed by atoms with E-state index in [2.05, 4.69) is 14.8 Å². The molecule has 0 unspecified atom stereocenters. The van der Waals surface area contributed by atoms with E-state index in [4.69, 9.17) is 17.3 Å². The SMILES string of the molecule is Cn1c(C2CC2)nn(CN2CCC(NC(=O)c3ccccc3)CC2)c1=S. The standard InChI is InChI=1S/C19H25N5OS/c1-22-17(14-7-8-14)21-24(19(22)26)13-23-11-9-16(10-12-23)20-18(25)15-5-3-2-4-6-15/h2-6,14,16H,7-13H2,1H3,(H,20,25). The molecule has 0 spiro atoms. The molecule has 6 nitrogen and oxygen atoms in total. The number of nitrogens with zero attached hydrogens (tertiary/aromatic N) is 4. The van der Waals surface area contributed by atoms with Crippen molar-refractivity contribution >= 4 is 18.1 Å². The predicted molar refractivity (Wildman–Crippen MR) is 103 cm³/mol. The lowest BCUT2D eigenvalue weighted by atomic mass is 10.0. The van der Waals surface area contributed by atoms with E-state index in [-0.39, 0.29) is 11.9 Å². The summed E-state index contributed by atoms with van der Waals surface area (Å²) in [5.74, 6) is 1.74. The molecule has 2 heterocycles. The van der Waals surface area contributed by atoms with Crippen molar-refractivity contribution in [1.82, 2.24) is 24.6 Å². The monoisotopic (exact) mass is 371 g/mol. The Morgan fingerprint density at radius 3 is 2.54 bits per heavy atom. The first-order valence-corrected chi connectivity index (χ1v) is 9.74. The summed E-state index contributed by atoms with van der Waals surface area (Å²) in [5.41, 5.74) is 0.724. The molecule has 2 aliphatic rings. The highest BCUT2D eigenvalue weighted by atomic mass is 32.1. The second-order valence-corrected chi connectivity index (χ2v) is 7.71. The van der Waals surface area contributed by atoms with Gasteiger partial charge in [0.15, 0.2) is 4.77 Å². The fourth-order valence-corrected chi connectivity index (χ4v) is 3.75. The smallest absolute Gasteiger partial charge is 0.251 e. The van der Waals surface area contributed by atoms with E-state index in [1.807, 2.05) is 42.1 Å². The van der Waals surface area contributed by atoms with Gasteiger partial charge in [0, 0.05) is 37.7 Å². The van der Waals surface area contributed by atoms with Crippen LogP contribution in [0.3, 0.4) is 0 Å². The van der Waals surface area contributed by atoms with Crippen LogP contribution < -0.4 is 5.32 Å². The summed E-state index contributed by atoms with van der Waals surface area (Å²) in [5, 5.41) is 7.89. The third kappa shape index (κ3) is 3.73. The number of benzene rings is 1. The summed E-state index contributed by atoms with van der Waals surface area (Å²) < 4.78 is 4.80. The van der Waals surface area contributed by atoms with Gasteiger partial charge in [-0.3, -0.25) is 9.69 Å². The molecular weight excluding hydrogens is 346 g/mol. The highest BCUT2D eigenvalue weighted by Gasteiger charge is 2.29. The molecule has 0 radical (unpaired) electrons. The Balaban J connectivity index is 1.31. The van der Waals surface area contributed by atoms with E-state index in [9.17, 15) is 4.79 Å². The second-order valence-electron chi connectivity index (χ2n) is 7.35. The van der Waals surface area contributed by atoms with E-state index in [1.54, 1.807) is 0 Å². The summed E-state index contributed by atoms with van der Waals surface area (Å²) in [4.78, 5) is 14.7. The molecule has 138 valence electrons. The van der Waals surface area contributed by atoms with Crippen LogP contribution in [0.25, 0.3) is 0 Å². The zero-order valence-corrected chi connectivity index (χ0v) is 15.9. The first-order chi connectivity index (χ1) is 12.6. The van der Waals surface area contributed by atoms with Crippen LogP contribution in [0.2, 0.25) is 0 Å². The Bertz CT molecular complexity index is 831. The van der Waals surface area contributed by atoms with Crippen molar-refractivity contribution in [2.45, 2.75) is 44.3 Å². The molecule has 1 saturated carbocycles. The van der Waals surface area contributed by atoms with Gasteiger partial charge in [0.05, 0.1) is 6.67 Å². The highest BCUT2D eigenvalue weighted by molar-refractivity contribution is 7.71. The maximum absolute atomic E-state index is 12.3. The number of carbonyl (C=O) groups is 1. The van der Waals surface area contributed by atoms with E-state index < -0.39 is 0 Å². The van der Waals surface area contributed by atoms with Crippen molar-refractivity contribution < 1.29 is 4.79 Å². The molecule has 4 rings (SSSR count). The Kier molecular flexibility index (Phi) is 4.91. The first-order valence-electron chi connectivity index (χ1n) is 9.34. The van der Waals surface area contributed by atoms with Crippen molar-refractivity contribution in [2.75, 3.05) is 13.1 Å². The Hall–Kier alpha value is -1.99. The van der Waals surface area contributed by atoms with Gasteiger partial charge in [-0.25, -0.2) is 4.68 Å². The van der Waals surface area contributed by atoms with Gasteiger partial charge in [-0.1, -0.05) is 18.2 Å².